The molecule has 2 aromatic rings. The van der Waals surface area contributed by atoms with Crippen LogP contribution >= 0.6 is 0 Å². The number of hydrogen-bond acceptors (Lipinski definition) is 4. The van der Waals surface area contributed by atoms with Gasteiger partial charge in [0, 0.05) is 5.92 Å². The summed E-state index contributed by atoms with van der Waals surface area (Å²) in [6.45, 7) is 0. The molecule has 0 spiro atoms. The van der Waals surface area contributed by atoms with Crippen LogP contribution in [0.25, 0.3) is 6.08 Å². The van der Waals surface area contributed by atoms with Gasteiger partial charge in [-0.1, -0.05) is 48.6 Å². The maximum atomic E-state index is 10.7. The van der Waals surface area contributed by atoms with Gasteiger partial charge in [0.1, 0.15) is 11.4 Å². The summed E-state index contributed by atoms with van der Waals surface area (Å²) >= 11 is 0. The average Bonchev–Trinajstić information content (AvgIpc) is 2.93. The fourth-order valence-electron chi connectivity index (χ4n) is 2.63. The summed E-state index contributed by atoms with van der Waals surface area (Å²) < 4.78 is 0. The maximum absolute atomic E-state index is 10.7. The van der Waals surface area contributed by atoms with E-state index in [1.807, 2.05) is 42.5 Å². The number of nitrogens with zero attached hydrogens (tertiary/aromatic N) is 2. The Morgan fingerprint density at radius 1 is 0.857 bits per heavy atom. The van der Waals surface area contributed by atoms with Gasteiger partial charge >= 0.3 is 0 Å². The van der Waals surface area contributed by atoms with Crippen molar-refractivity contribution in [1.29, 1.82) is 0 Å². The molecule has 0 radical (unpaired) electrons. The highest BCUT2D eigenvalue weighted by Crippen LogP contribution is 2.42. The molecular formula is C17H10N2O2. The Balaban J connectivity index is 2.20. The van der Waals surface area contributed by atoms with Crippen molar-refractivity contribution < 1.29 is 9.59 Å². The maximum Gasteiger partial charge on any atom is 0.240 e. The summed E-state index contributed by atoms with van der Waals surface area (Å²) in [4.78, 5) is 28.6. The first-order valence-corrected chi connectivity index (χ1v) is 6.41. The van der Waals surface area contributed by atoms with Crippen LogP contribution in [-0.2, 0) is 9.59 Å². The van der Waals surface area contributed by atoms with E-state index in [0.717, 1.165) is 16.7 Å². The molecule has 1 unspecified atom stereocenters. The minimum atomic E-state index is -0.0184. The SMILES string of the molecule is O=C=Nc1cccc(C2C=Cc3ccccc32)c1N=C=O. The number of allylic oxidation sites excluding steroid dienone is 1. The molecular weight excluding hydrogens is 264 g/mol. The molecule has 2 aromatic carbocycles. The molecule has 1 aliphatic rings. The van der Waals surface area contributed by atoms with Gasteiger partial charge in [-0.05, 0) is 22.8 Å². The summed E-state index contributed by atoms with van der Waals surface area (Å²) in [6, 6.07) is 13.3. The molecule has 0 bridgehead atoms. The van der Waals surface area contributed by atoms with E-state index >= 15 is 0 Å². The predicted molar refractivity (Wildman–Crippen MR) is 79.3 cm³/mol. The molecule has 4 nitrogen and oxygen atoms in total. The lowest BCUT2D eigenvalue weighted by Crippen LogP contribution is -1.96. The van der Waals surface area contributed by atoms with E-state index in [-0.39, 0.29) is 5.92 Å². The summed E-state index contributed by atoms with van der Waals surface area (Å²) in [6.07, 6.45) is 7.09. The fourth-order valence-corrected chi connectivity index (χ4v) is 2.63. The Morgan fingerprint density at radius 2 is 1.62 bits per heavy atom. The van der Waals surface area contributed by atoms with Crippen LogP contribution in [0.1, 0.15) is 22.6 Å². The Morgan fingerprint density at radius 3 is 2.43 bits per heavy atom. The van der Waals surface area contributed by atoms with Gasteiger partial charge in [0.15, 0.2) is 0 Å². The summed E-state index contributed by atoms with van der Waals surface area (Å²) in [5, 5.41) is 0. The Kier molecular flexibility index (Phi) is 3.40. The molecule has 0 aliphatic heterocycles. The highest BCUT2D eigenvalue weighted by atomic mass is 16.1. The first kappa shape index (κ1) is 12.9. The number of isocyanates is 2. The van der Waals surface area contributed by atoms with Gasteiger partial charge in [-0.3, -0.25) is 0 Å². The number of rotatable bonds is 3. The Hall–Kier alpha value is -3.06. The largest absolute Gasteiger partial charge is 0.240 e. The van der Waals surface area contributed by atoms with Crippen LogP contribution in [0.5, 0.6) is 0 Å². The minimum absolute atomic E-state index is 0.0184. The lowest BCUT2D eigenvalue weighted by atomic mass is 9.91. The van der Waals surface area contributed by atoms with E-state index in [2.05, 4.69) is 9.98 Å². The van der Waals surface area contributed by atoms with Crippen molar-refractivity contribution in [3.8, 4) is 0 Å². The molecule has 1 aliphatic carbocycles. The van der Waals surface area contributed by atoms with Gasteiger partial charge in [-0.2, -0.15) is 9.98 Å². The second kappa shape index (κ2) is 5.51. The van der Waals surface area contributed by atoms with Crippen LogP contribution in [0.4, 0.5) is 11.4 Å². The smallest absolute Gasteiger partial charge is 0.211 e. The predicted octanol–water partition coefficient (Wildman–Crippen LogP) is 3.78. The van der Waals surface area contributed by atoms with Crippen LogP contribution in [-0.4, -0.2) is 12.2 Å². The topological polar surface area (TPSA) is 58.9 Å². The quantitative estimate of drug-likeness (QED) is 0.631. The molecule has 3 rings (SSSR count). The number of carbonyl (C=O) groups excluding carboxylic acids is 2. The number of para-hydroxylation sites is 1. The van der Waals surface area contributed by atoms with Crippen LogP contribution in [0.15, 0.2) is 58.5 Å². The first-order valence-electron chi connectivity index (χ1n) is 6.41. The number of benzene rings is 2. The monoisotopic (exact) mass is 274 g/mol. The zero-order valence-corrected chi connectivity index (χ0v) is 11.0. The number of aliphatic imine (C=N–C) groups is 2. The highest BCUT2D eigenvalue weighted by Gasteiger charge is 2.22. The molecule has 0 fully saturated rings. The van der Waals surface area contributed by atoms with Crippen molar-refractivity contribution in [2.24, 2.45) is 9.98 Å². The molecule has 0 N–H and O–H groups in total. The molecule has 100 valence electrons. The Bertz CT molecular complexity index is 826. The molecule has 21 heavy (non-hydrogen) atoms. The molecule has 0 saturated carbocycles. The van der Waals surface area contributed by atoms with Crippen LogP contribution in [0.2, 0.25) is 0 Å². The second-order valence-electron chi connectivity index (χ2n) is 4.59. The van der Waals surface area contributed by atoms with E-state index in [9.17, 15) is 9.59 Å². The van der Waals surface area contributed by atoms with E-state index < -0.39 is 0 Å². The molecule has 1 atom stereocenters. The van der Waals surface area contributed by atoms with E-state index in [1.165, 1.54) is 12.2 Å². The van der Waals surface area contributed by atoms with E-state index in [0.29, 0.717) is 11.4 Å². The lowest BCUT2D eigenvalue weighted by Gasteiger charge is -2.14. The zero-order valence-electron chi connectivity index (χ0n) is 11.0. The van der Waals surface area contributed by atoms with E-state index in [4.69, 9.17) is 0 Å². The van der Waals surface area contributed by atoms with Crippen molar-refractivity contribution in [2.75, 3.05) is 0 Å². The summed E-state index contributed by atoms with van der Waals surface area (Å²) in [5.74, 6) is -0.0184. The second-order valence-corrected chi connectivity index (χ2v) is 4.59. The standard InChI is InChI=1S/C17H10N2O2/c20-10-18-16-7-3-6-15(17(16)19-11-21)14-9-8-12-4-1-2-5-13(12)14/h1-9,14H. The first-order chi connectivity index (χ1) is 10.3. The highest BCUT2D eigenvalue weighted by molar-refractivity contribution is 5.76. The van der Waals surface area contributed by atoms with Crippen molar-refractivity contribution in [2.45, 2.75) is 5.92 Å². The molecule has 0 heterocycles. The third kappa shape index (κ3) is 2.26. The molecule has 0 amide bonds. The van der Waals surface area contributed by atoms with Crippen molar-refractivity contribution in [3.05, 3.63) is 65.2 Å². The van der Waals surface area contributed by atoms with Gasteiger partial charge in [0.25, 0.3) is 0 Å². The van der Waals surface area contributed by atoms with Crippen molar-refractivity contribution in [1.82, 2.24) is 0 Å². The van der Waals surface area contributed by atoms with Gasteiger partial charge in [0.2, 0.25) is 12.2 Å². The number of hydrogen-bond donors (Lipinski definition) is 0. The molecule has 0 saturated heterocycles. The zero-order chi connectivity index (χ0) is 14.7. The van der Waals surface area contributed by atoms with Crippen LogP contribution in [0.3, 0.4) is 0 Å². The average molecular weight is 274 g/mol. The third-order valence-corrected chi connectivity index (χ3v) is 3.50. The summed E-state index contributed by atoms with van der Waals surface area (Å²) in [7, 11) is 0. The van der Waals surface area contributed by atoms with Crippen molar-refractivity contribution >= 4 is 29.6 Å². The van der Waals surface area contributed by atoms with Gasteiger partial charge in [-0.25, -0.2) is 9.59 Å². The fraction of sp³-hybridized carbons (Fsp3) is 0.0588. The van der Waals surface area contributed by atoms with Gasteiger partial charge in [-0.15, -0.1) is 0 Å². The minimum Gasteiger partial charge on any atom is -0.211 e. The van der Waals surface area contributed by atoms with E-state index in [1.54, 1.807) is 12.1 Å². The van der Waals surface area contributed by atoms with Crippen molar-refractivity contribution in [3.63, 3.8) is 0 Å². The Labute approximate surface area is 121 Å². The van der Waals surface area contributed by atoms with Gasteiger partial charge < -0.3 is 0 Å². The van der Waals surface area contributed by atoms with Gasteiger partial charge in [0.05, 0.1) is 0 Å². The molecule has 4 heteroatoms. The molecule has 0 aromatic heterocycles. The normalized spacial score (nSPS) is 15.0. The number of fused-ring (bicyclic) bond motifs is 1. The van der Waals surface area contributed by atoms with Crippen LogP contribution in [0, 0.1) is 0 Å². The summed E-state index contributed by atoms with van der Waals surface area (Å²) in [5.41, 5.74) is 3.77. The van der Waals surface area contributed by atoms with Crippen LogP contribution < -0.4 is 0 Å². The third-order valence-electron chi connectivity index (χ3n) is 3.50. The lowest BCUT2D eigenvalue weighted by molar-refractivity contribution is 0.564.